The van der Waals surface area contributed by atoms with Crippen LogP contribution in [0.5, 0.6) is 5.88 Å². The Morgan fingerprint density at radius 2 is 2.18 bits per heavy atom. The number of nitrogens with zero attached hydrogens (tertiary/aromatic N) is 3. The van der Waals surface area contributed by atoms with E-state index in [0.29, 0.717) is 10.1 Å². The topological polar surface area (TPSA) is 102 Å². The van der Waals surface area contributed by atoms with Gasteiger partial charge in [0.05, 0.1) is 0 Å². The third-order valence-electron chi connectivity index (χ3n) is 1.22. The number of aromatic hydroxyl groups is 1. The lowest BCUT2D eigenvalue weighted by Crippen LogP contribution is -1.88. The van der Waals surface area contributed by atoms with Gasteiger partial charge in [-0.1, -0.05) is 11.3 Å². The molecule has 0 aliphatic heterocycles. The van der Waals surface area contributed by atoms with Crippen LogP contribution in [-0.2, 0) is 0 Å². The Balaban J connectivity index is 2.88. The Labute approximate surface area is 65.1 Å². The molecule has 0 spiro atoms. The first-order chi connectivity index (χ1) is 5.18. The normalized spacial score (nSPS) is 10.9. The maximum Gasteiger partial charge on any atom is 0.258 e. The molecule has 0 atom stereocenters. The molecule has 2 rings (SSSR count). The number of rotatable bonds is 0. The fraction of sp³-hybridized carbons (Fsp3) is 0. The first-order valence-electron chi connectivity index (χ1n) is 2.78. The van der Waals surface area contributed by atoms with E-state index in [4.69, 9.17) is 11.5 Å². The van der Waals surface area contributed by atoms with Crippen molar-refractivity contribution in [2.45, 2.75) is 0 Å². The van der Waals surface area contributed by atoms with E-state index in [-0.39, 0.29) is 11.7 Å². The number of hydrogen-bond acceptors (Lipinski definition) is 6. The van der Waals surface area contributed by atoms with E-state index < -0.39 is 0 Å². The lowest BCUT2D eigenvalue weighted by molar-refractivity contribution is 0.443. The van der Waals surface area contributed by atoms with Gasteiger partial charge in [-0.05, 0) is 0 Å². The van der Waals surface area contributed by atoms with Crippen molar-refractivity contribution < 1.29 is 5.11 Å². The molecule has 0 aliphatic rings. The quantitative estimate of drug-likeness (QED) is 0.503. The van der Waals surface area contributed by atoms with Crippen LogP contribution in [0.3, 0.4) is 0 Å². The Kier molecular flexibility index (Phi) is 0.994. The summed E-state index contributed by atoms with van der Waals surface area (Å²) in [6, 6.07) is 0. The largest absolute Gasteiger partial charge is 0.491 e. The van der Waals surface area contributed by atoms with Crippen LogP contribution in [0.1, 0.15) is 0 Å². The highest BCUT2D eigenvalue weighted by molar-refractivity contribution is 7.20. The minimum Gasteiger partial charge on any atom is -0.491 e. The summed E-state index contributed by atoms with van der Waals surface area (Å²) in [7, 11) is 0. The molecule has 0 bridgehead atoms. The van der Waals surface area contributed by atoms with Gasteiger partial charge >= 0.3 is 0 Å². The Morgan fingerprint density at radius 3 is 2.82 bits per heavy atom. The number of anilines is 2. The highest BCUT2D eigenvalue weighted by Gasteiger charge is 2.11. The van der Waals surface area contributed by atoms with Gasteiger partial charge in [-0.2, -0.15) is 9.50 Å². The molecule has 0 aliphatic carbocycles. The summed E-state index contributed by atoms with van der Waals surface area (Å²) < 4.78 is 1.20. The van der Waals surface area contributed by atoms with Crippen molar-refractivity contribution in [3.05, 3.63) is 0 Å². The number of nitrogen functional groups attached to an aromatic ring is 2. The van der Waals surface area contributed by atoms with Crippen molar-refractivity contribution in [1.29, 1.82) is 0 Å². The van der Waals surface area contributed by atoms with Gasteiger partial charge in [0.15, 0.2) is 5.82 Å². The van der Waals surface area contributed by atoms with Crippen molar-refractivity contribution in [3.8, 4) is 5.88 Å². The van der Waals surface area contributed by atoms with Crippen LogP contribution in [-0.4, -0.2) is 19.7 Å². The molecule has 2 aromatic heterocycles. The van der Waals surface area contributed by atoms with Crippen LogP contribution in [0.15, 0.2) is 0 Å². The third-order valence-corrected chi connectivity index (χ3v) is 1.96. The maximum atomic E-state index is 9.18. The third kappa shape index (κ3) is 0.709. The van der Waals surface area contributed by atoms with Gasteiger partial charge in [0.2, 0.25) is 10.1 Å². The van der Waals surface area contributed by atoms with E-state index in [2.05, 4.69) is 10.1 Å². The summed E-state index contributed by atoms with van der Waals surface area (Å²) >= 11 is 1.17. The van der Waals surface area contributed by atoms with Gasteiger partial charge in [0, 0.05) is 0 Å². The van der Waals surface area contributed by atoms with E-state index in [0.717, 1.165) is 0 Å². The molecule has 0 aromatic carbocycles. The van der Waals surface area contributed by atoms with Crippen LogP contribution in [0.2, 0.25) is 0 Å². The minimum atomic E-state index is -0.159. The number of nitrogens with two attached hydrogens (primary N) is 2. The van der Waals surface area contributed by atoms with Crippen LogP contribution < -0.4 is 11.5 Å². The van der Waals surface area contributed by atoms with Crippen molar-refractivity contribution in [2.24, 2.45) is 0 Å². The summed E-state index contributed by atoms with van der Waals surface area (Å²) in [6.07, 6.45) is 0. The monoisotopic (exact) mass is 171 g/mol. The molecule has 0 radical (unpaired) electrons. The van der Waals surface area contributed by atoms with E-state index in [1.165, 1.54) is 15.9 Å². The predicted molar refractivity (Wildman–Crippen MR) is 41.4 cm³/mol. The zero-order valence-corrected chi connectivity index (χ0v) is 6.17. The van der Waals surface area contributed by atoms with E-state index >= 15 is 0 Å². The lowest BCUT2D eigenvalue weighted by atomic mass is 10.7. The van der Waals surface area contributed by atoms with Crippen LogP contribution >= 0.6 is 11.3 Å². The molecular weight excluding hydrogens is 166 g/mol. The summed E-state index contributed by atoms with van der Waals surface area (Å²) in [6.45, 7) is 0. The number of imidazole rings is 1. The van der Waals surface area contributed by atoms with E-state index in [1.54, 1.807) is 0 Å². The summed E-state index contributed by atoms with van der Waals surface area (Å²) in [5.74, 6) is -0.0864. The van der Waals surface area contributed by atoms with Gasteiger partial charge in [-0.15, -0.1) is 5.10 Å². The fourth-order valence-corrected chi connectivity index (χ4v) is 1.44. The van der Waals surface area contributed by atoms with Crippen molar-refractivity contribution in [2.75, 3.05) is 11.5 Å². The van der Waals surface area contributed by atoms with Crippen LogP contribution in [0.25, 0.3) is 4.96 Å². The molecule has 0 saturated carbocycles. The van der Waals surface area contributed by atoms with Gasteiger partial charge in [0.25, 0.3) is 5.88 Å². The minimum absolute atomic E-state index is 0.0729. The van der Waals surface area contributed by atoms with Crippen LogP contribution in [0.4, 0.5) is 10.9 Å². The van der Waals surface area contributed by atoms with E-state index in [9.17, 15) is 5.11 Å². The molecule has 0 fully saturated rings. The van der Waals surface area contributed by atoms with Crippen molar-refractivity contribution >= 4 is 27.2 Å². The number of fused-ring (bicyclic) bond motifs is 1. The molecule has 11 heavy (non-hydrogen) atoms. The van der Waals surface area contributed by atoms with Gasteiger partial charge in [-0.25, -0.2) is 0 Å². The van der Waals surface area contributed by atoms with Gasteiger partial charge < -0.3 is 16.6 Å². The summed E-state index contributed by atoms with van der Waals surface area (Å²) in [4.78, 5) is 4.30. The molecular formula is C4H5N5OS. The zero-order valence-electron chi connectivity index (χ0n) is 5.35. The molecule has 58 valence electrons. The molecule has 0 amide bonds. The number of hydrogen-bond donors (Lipinski definition) is 3. The molecule has 0 saturated heterocycles. The highest BCUT2D eigenvalue weighted by Crippen LogP contribution is 2.25. The lowest BCUT2D eigenvalue weighted by Gasteiger charge is -1.84. The highest BCUT2D eigenvalue weighted by atomic mass is 32.1. The standard InChI is InChI=1S/C4H5N5OS/c5-1-2(10)9-4(7-1)11-3(6)8-9/h10H,5H2,(H2,6,8). The predicted octanol–water partition coefficient (Wildman–Crippen LogP) is -0.339. The molecule has 6 nitrogen and oxygen atoms in total. The fourth-order valence-electron chi connectivity index (χ4n) is 0.768. The summed E-state index contributed by atoms with van der Waals surface area (Å²) in [5.41, 5.74) is 10.6. The smallest absolute Gasteiger partial charge is 0.258 e. The second-order valence-corrected chi connectivity index (χ2v) is 2.94. The Bertz CT molecular complexity index is 404. The number of aromatic nitrogens is 3. The molecule has 2 heterocycles. The Hall–Kier alpha value is -1.50. The average molecular weight is 171 g/mol. The van der Waals surface area contributed by atoms with Gasteiger partial charge in [-0.3, -0.25) is 0 Å². The Morgan fingerprint density at radius 1 is 1.45 bits per heavy atom. The summed E-state index contributed by atoms with van der Waals surface area (Å²) in [5, 5.41) is 13.3. The second kappa shape index (κ2) is 1.76. The zero-order chi connectivity index (χ0) is 8.01. The molecule has 0 unspecified atom stereocenters. The van der Waals surface area contributed by atoms with Gasteiger partial charge in [0.1, 0.15) is 0 Å². The first-order valence-corrected chi connectivity index (χ1v) is 3.59. The SMILES string of the molecule is Nc1nn2c(O)c(N)nc2s1. The molecule has 2 aromatic rings. The average Bonchev–Trinajstić information content (AvgIpc) is 2.37. The maximum absolute atomic E-state index is 9.18. The van der Waals surface area contributed by atoms with Crippen molar-refractivity contribution in [1.82, 2.24) is 14.6 Å². The van der Waals surface area contributed by atoms with E-state index in [1.807, 2.05) is 0 Å². The second-order valence-electron chi connectivity index (χ2n) is 1.96. The van der Waals surface area contributed by atoms with Crippen molar-refractivity contribution in [3.63, 3.8) is 0 Å². The molecule has 7 heteroatoms. The molecule has 5 N–H and O–H groups in total. The van der Waals surface area contributed by atoms with Crippen LogP contribution in [0, 0.1) is 0 Å². The first kappa shape index (κ1) is 6.23.